The lowest BCUT2D eigenvalue weighted by molar-refractivity contribution is 0.0693. The molecule has 1 amide bonds. The zero-order valence-corrected chi connectivity index (χ0v) is 11.9. The molecular formula is C15H13NO7. The molecule has 0 atom stereocenters. The first-order valence-corrected chi connectivity index (χ1v) is 6.31. The fourth-order valence-electron chi connectivity index (χ4n) is 1.96. The standard InChI is InChI=1S/C15H13NO7/c1-16(7-2-3-11(18)12(19)4-7)14(21)9-5-8(17)6-10(13(9)20)15(22)23/h2-6,17-20H,1H3,(H,22,23). The molecule has 0 aliphatic heterocycles. The van der Waals surface area contributed by atoms with Crippen molar-refractivity contribution in [1.82, 2.24) is 0 Å². The Balaban J connectivity index is 2.47. The zero-order valence-electron chi connectivity index (χ0n) is 11.9. The molecule has 5 N–H and O–H groups in total. The molecule has 2 aromatic carbocycles. The van der Waals surface area contributed by atoms with Gasteiger partial charge in [-0.15, -0.1) is 0 Å². The minimum atomic E-state index is -1.50. The third kappa shape index (κ3) is 2.95. The number of carbonyl (C=O) groups excluding carboxylic acids is 1. The number of phenols is 4. The summed E-state index contributed by atoms with van der Waals surface area (Å²) in [5.41, 5.74) is -0.849. The Morgan fingerprint density at radius 2 is 1.52 bits per heavy atom. The van der Waals surface area contributed by atoms with Crippen LogP contribution in [0.4, 0.5) is 5.69 Å². The van der Waals surface area contributed by atoms with E-state index in [1.807, 2.05) is 0 Å². The number of carboxylic acids is 1. The van der Waals surface area contributed by atoms with Gasteiger partial charge in [-0.05, 0) is 24.3 Å². The number of carboxylic acid groups (broad SMARTS) is 1. The van der Waals surface area contributed by atoms with Crippen LogP contribution >= 0.6 is 0 Å². The van der Waals surface area contributed by atoms with Crippen molar-refractivity contribution in [1.29, 1.82) is 0 Å². The van der Waals surface area contributed by atoms with Crippen LogP contribution in [0.3, 0.4) is 0 Å². The number of anilines is 1. The van der Waals surface area contributed by atoms with Gasteiger partial charge in [-0.25, -0.2) is 4.79 Å². The SMILES string of the molecule is CN(C(=O)c1cc(O)cc(C(=O)O)c1O)c1ccc(O)c(O)c1. The molecule has 8 nitrogen and oxygen atoms in total. The number of phenolic OH excluding ortho intramolecular Hbond substituents is 3. The smallest absolute Gasteiger partial charge is 0.339 e. The number of hydrogen-bond donors (Lipinski definition) is 5. The summed E-state index contributed by atoms with van der Waals surface area (Å²) in [6, 6.07) is 5.37. The molecule has 0 bridgehead atoms. The Hall–Kier alpha value is -3.42. The Morgan fingerprint density at radius 3 is 2.09 bits per heavy atom. The fraction of sp³-hybridized carbons (Fsp3) is 0.0667. The Bertz CT molecular complexity index is 801. The van der Waals surface area contributed by atoms with E-state index in [2.05, 4.69) is 0 Å². The topological polar surface area (TPSA) is 139 Å². The Kier molecular flexibility index (Phi) is 4.00. The third-order valence-electron chi connectivity index (χ3n) is 3.21. The summed E-state index contributed by atoms with van der Waals surface area (Å²) in [6.07, 6.45) is 0. The first-order chi connectivity index (χ1) is 10.7. The largest absolute Gasteiger partial charge is 0.508 e. The van der Waals surface area contributed by atoms with Crippen LogP contribution in [-0.2, 0) is 0 Å². The van der Waals surface area contributed by atoms with E-state index in [9.17, 15) is 30.0 Å². The van der Waals surface area contributed by atoms with E-state index in [-0.39, 0.29) is 11.4 Å². The average molecular weight is 319 g/mol. The number of amides is 1. The van der Waals surface area contributed by atoms with Crippen LogP contribution in [0, 0.1) is 0 Å². The lowest BCUT2D eigenvalue weighted by atomic mass is 10.1. The van der Waals surface area contributed by atoms with E-state index in [4.69, 9.17) is 5.11 Å². The molecule has 0 aliphatic rings. The summed E-state index contributed by atoms with van der Waals surface area (Å²) in [5, 5.41) is 47.1. The van der Waals surface area contributed by atoms with Gasteiger partial charge in [-0.3, -0.25) is 4.79 Å². The number of benzene rings is 2. The first-order valence-electron chi connectivity index (χ1n) is 6.31. The van der Waals surface area contributed by atoms with Gasteiger partial charge in [-0.1, -0.05) is 0 Å². The van der Waals surface area contributed by atoms with Crippen LogP contribution in [0.2, 0.25) is 0 Å². The van der Waals surface area contributed by atoms with E-state index >= 15 is 0 Å². The molecule has 0 fully saturated rings. The van der Waals surface area contributed by atoms with Crippen molar-refractivity contribution in [2.24, 2.45) is 0 Å². The fourth-order valence-corrected chi connectivity index (χ4v) is 1.96. The molecule has 0 aliphatic carbocycles. The monoisotopic (exact) mass is 319 g/mol. The molecule has 0 unspecified atom stereocenters. The molecule has 0 saturated carbocycles. The highest BCUT2D eigenvalue weighted by Crippen LogP contribution is 2.32. The maximum absolute atomic E-state index is 12.4. The summed E-state index contributed by atoms with van der Waals surface area (Å²) in [4.78, 5) is 24.4. The van der Waals surface area contributed by atoms with E-state index < -0.39 is 40.3 Å². The predicted molar refractivity (Wildman–Crippen MR) is 79.2 cm³/mol. The number of hydrogen-bond acceptors (Lipinski definition) is 6. The molecule has 0 saturated heterocycles. The van der Waals surface area contributed by atoms with Crippen LogP contribution in [0.5, 0.6) is 23.0 Å². The van der Waals surface area contributed by atoms with Crippen LogP contribution in [-0.4, -0.2) is 44.5 Å². The first kappa shape index (κ1) is 16.0. The molecule has 0 spiro atoms. The van der Waals surface area contributed by atoms with Crippen LogP contribution in [0.25, 0.3) is 0 Å². The number of carbonyl (C=O) groups is 2. The normalized spacial score (nSPS) is 10.3. The van der Waals surface area contributed by atoms with Crippen molar-refractivity contribution >= 4 is 17.6 Å². The molecule has 120 valence electrons. The minimum absolute atomic E-state index is 0.185. The Morgan fingerprint density at radius 1 is 0.913 bits per heavy atom. The lowest BCUT2D eigenvalue weighted by Crippen LogP contribution is -2.26. The van der Waals surface area contributed by atoms with Crippen molar-refractivity contribution < 1.29 is 35.1 Å². The molecule has 2 rings (SSSR count). The van der Waals surface area contributed by atoms with E-state index in [0.717, 1.165) is 23.1 Å². The van der Waals surface area contributed by atoms with Gasteiger partial charge in [0.1, 0.15) is 17.1 Å². The summed E-state index contributed by atoms with van der Waals surface area (Å²) in [7, 11) is 1.32. The summed E-state index contributed by atoms with van der Waals surface area (Å²) >= 11 is 0. The highest BCUT2D eigenvalue weighted by molar-refractivity contribution is 6.10. The van der Waals surface area contributed by atoms with Crippen LogP contribution < -0.4 is 4.90 Å². The van der Waals surface area contributed by atoms with Gasteiger partial charge in [-0.2, -0.15) is 0 Å². The molecule has 0 aromatic heterocycles. The van der Waals surface area contributed by atoms with Gasteiger partial charge in [0.2, 0.25) is 0 Å². The van der Waals surface area contributed by atoms with Crippen LogP contribution in [0.15, 0.2) is 30.3 Å². The lowest BCUT2D eigenvalue weighted by Gasteiger charge is -2.19. The molecular weight excluding hydrogens is 306 g/mol. The van der Waals surface area contributed by atoms with Gasteiger partial charge < -0.3 is 30.4 Å². The molecule has 8 heteroatoms. The minimum Gasteiger partial charge on any atom is -0.508 e. The molecule has 2 aromatic rings. The zero-order chi connectivity index (χ0) is 17.3. The highest BCUT2D eigenvalue weighted by atomic mass is 16.4. The second-order valence-electron chi connectivity index (χ2n) is 4.73. The van der Waals surface area contributed by atoms with Crippen molar-refractivity contribution in [3.63, 3.8) is 0 Å². The van der Waals surface area contributed by atoms with E-state index in [0.29, 0.717) is 0 Å². The summed E-state index contributed by atoms with van der Waals surface area (Å²) in [5.74, 6) is -4.42. The van der Waals surface area contributed by atoms with E-state index in [1.165, 1.54) is 19.2 Å². The summed E-state index contributed by atoms with van der Waals surface area (Å²) in [6.45, 7) is 0. The van der Waals surface area contributed by atoms with E-state index in [1.54, 1.807) is 0 Å². The molecule has 0 heterocycles. The number of aromatic carboxylic acids is 1. The van der Waals surface area contributed by atoms with Gasteiger partial charge >= 0.3 is 5.97 Å². The Labute approximate surface area is 130 Å². The molecule has 0 radical (unpaired) electrons. The summed E-state index contributed by atoms with van der Waals surface area (Å²) < 4.78 is 0. The number of aromatic hydroxyl groups is 4. The van der Waals surface area contributed by atoms with Crippen LogP contribution in [0.1, 0.15) is 20.7 Å². The van der Waals surface area contributed by atoms with Crippen molar-refractivity contribution in [2.45, 2.75) is 0 Å². The van der Waals surface area contributed by atoms with Gasteiger partial charge in [0.25, 0.3) is 5.91 Å². The van der Waals surface area contributed by atoms with Crippen molar-refractivity contribution in [2.75, 3.05) is 11.9 Å². The maximum Gasteiger partial charge on any atom is 0.339 e. The predicted octanol–water partition coefficient (Wildman–Crippen LogP) is 1.48. The van der Waals surface area contributed by atoms with Gasteiger partial charge in [0, 0.05) is 18.8 Å². The third-order valence-corrected chi connectivity index (χ3v) is 3.21. The second-order valence-corrected chi connectivity index (χ2v) is 4.73. The maximum atomic E-state index is 12.4. The van der Waals surface area contributed by atoms with Gasteiger partial charge in [0.05, 0.1) is 5.56 Å². The second kappa shape index (κ2) is 5.76. The van der Waals surface area contributed by atoms with Crippen molar-refractivity contribution in [3.8, 4) is 23.0 Å². The molecule has 23 heavy (non-hydrogen) atoms. The highest BCUT2D eigenvalue weighted by Gasteiger charge is 2.23. The number of rotatable bonds is 3. The average Bonchev–Trinajstić information content (AvgIpc) is 2.50. The van der Waals surface area contributed by atoms with Crippen molar-refractivity contribution in [3.05, 3.63) is 41.5 Å². The quantitative estimate of drug-likeness (QED) is 0.426. The number of nitrogens with zero attached hydrogens (tertiary/aromatic N) is 1. The van der Waals surface area contributed by atoms with Gasteiger partial charge in [0.15, 0.2) is 11.5 Å².